The van der Waals surface area contributed by atoms with E-state index in [1.54, 1.807) is 6.92 Å². The molecule has 1 aliphatic heterocycles. The van der Waals surface area contributed by atoms with Crippen LogP contribution in [0, 0.1) is 0 Å². The predicted molar refractivity (Wildman–Crippen MR) is 51.9 cm³/mol. The lowest BCUT2D eigenvalue weighted by molar-refractivity contribution is -0.153. The van der Waals surface area contributed by atoms with E-state index in [2.05, 4.69) is 0 Å². The molecule has 0 aromatic heterocycles. The van der Waals surface area contributed by atoms with Gasteiger partial charge in [0.15, 0.2) is 0 Å². The molecule has 1 aliphatic rings. The number of aliphatic hydroxyl groups excluding tert-OH is 3. The van der Waals surface area contributed by atoms with E-state index in [1.807, 2.05) is 0 Å². The summed E-state index contributed by atoms with van der Waals surface area (Å²) in [4.78, 5) is 11.2. The van der Waals surface area contributed by atoms with Gasteiger partial charge in [-0.2, -0.15) is 0 Å². The number of rotatable bonds is 0. The number of ether oxygens (including phenoxy) is 1. The summed E-state index contributed by atoms with van der Waals surface area (Å²) in [5.41, 5.74) is 0. The van der Waals surface area contributed by atoms with Gasteiger partial charge in [0.25, 0.3) is 0 Å². The lowest BCUT2D eigenvalue weighted by Crippen LogP contribution is -2.31. The van der Waals surface area contributed by atoms with E-state index in [4.69, 9.17) is 4.74 Å². The van der Waals surface area contributed by atoms with Gasteiger partial charge in [-0.3, -0.25) is 4.79 Å². The maximum absolute atomic E-state index is 11.2. The quantitative estimate of drug-likeness (QED) is 0.370. The van der Waals surface area contributed by atoms with E-state index >= 15 is 0 Å². The van der Waals surface area contributed by atoms with Crippen LogP contribution in [-0.2, 0) is 9.53 Å². The summed E-state index contributed by atoms with van der Waals surface area (Å²) in [6, 6.07) is 0. The van der Waals surface area contributed by atoms with Crippen molar-refractivity contribution >= 4 is 5.97 Å². The van der Waals surface area contributed by atoms with Crippen LogP contribution in [-0.4, -0.2) is 45.7 Å². The van der Waals surface area contributed by atoms with Crippen molar-refractivity contribution in [2.45, 2.75) is 44.2 Å². The molecule has 4 unspecified atom stereocenters. The minimum Gasteiger partial charge on any atom is -0.460 e. The van der Waals surface area contributed by atoms with E-state index < -0.39 is 30.4 Å². The van der Waals surface area contributed by atoms with E-state index in [9.17, 15) is 20.1 Å². The molecule has 0 aliphatic carbocycles. The Morgan fingerprint density at radius 3 is 2.53 bits per heavy atom. The molecule has 86 valence electrons. The summed E-state index contributed by atoms with van der Waals surface area (Å²) in [7, 11) is 0. The molecular formula is C10H16O5. The molecule has 0 aromatic rings. The highest BCUT2D eigenvalue weighted by Gasteiger charge is 2.22. The smallest absolute Gasteiger partial charge is 0.306 e. The molecule has 1 rings (SSSR count). The van der Waals surface area contributed by atoms with Crippen LogP contribution in [0.1, 0.15) is 19.8 Å². The second-order valence-corrected chi connectivity index (χ2v) is 3.67. The minimum absolute atomic E-state index is 0.0309. The molecule has 0 saturated heterocycles. The number of cyclic esters (lactones) is 1. The van der Waals surface area contributed by atoms with E-state index in [1.165, 1.54) is 12.2 Å². The average Bonchev–Trinajstić information content (AvgIpc) is 2.20. The van der Waals surface area contributed by atoms with E-state index in [0.29, 0.717) is 0 Å². The fourth-order valence-electron chi connectivity index (χ4n) is 1.28. The molecule has 3 N–H and O–H groups in total. The Labute approximate surface area is 88.0 Å². The molecule has 0 radical (unpaired) electrons. The fourth-order valence-corrected chi connectivity index (χ4v) is 1.28. The largest absolute Gasteiger partial charge is 0.460 e. The first-order valence-electron chi connectivity index (χ1n) is 4.92. The standard InChI is InChI=1S/C10H16O5/c1-6-7(11)2-3-8(12)9(13)4-5-10(14)15-6/h2-3,6-9,11-13H,4-5H2,1H3. The predicted octanol–water partition coefficient (Wildman–Crippen LogP) is -0.649. The summed E-state index contributed by atoms with van der Waals surface area (Å²) in [5.74, 6) is -0.483. The Balaban J connectivity index is 2.73. The number of carbonyl (C=O) groups excluding carboxylic acids is 1. The van der Waals surface area contributed by atoms with Crippen LogP contribution in [0.25, 0.3) is 0 Å². The Bertz CT molecular complexity index is 250. The van der Waals surface area contributed by atoms with Crippen molar-refractivity contribution in [3.8, 4) is 0 Å². The Hall–Kier alpha value is -0.910. The summed E-state index contributed by atoms with van der Waals surface area (Å²) in [6.07, 6.45) is -0.865. The van der Waals surface area contributed by atoms with Gasteiger partial charge in [-0.15, -0.1) is 0 Å². The minimum atomic E-state index is -1.06. The van der Waals surface area contributed by atoms with Gasteiger partial charge in [0.2, 0.25) is 0 Å². The van der Waals surface area contributed by atoms with Crippen molar-refractivity contribution in [3.63, 3.8) is 0 Å². The van der Waals surface area contributed by atoms with Crippen molar-refractivity contribution in [1.29, 1.82) is 0 Å². The lowest BCUT2D eigenvalue weighted by atomic mass is 10.1. The fraction of sp³-hybridized carbons (Fsp3) is 0.700. The van der Waals surface area contributed by atoms with Crippen LogP contribution in [0.3, 0.4) is 0 Å². The van der Waals surface area contributed by atoms with Gasteiger partial charge in [-0.25, -0.2) is 0 Å². The SMILES string of the molecule is CC1OC(=O)CCC(O)C(O)C=CC1O. The third-order valence-corrected chi connectivity index (χ3v) is 2.34. The first-order chi connectivity index (χ1) is 7.00. The van der Waals surface area contributed by atoms with Crippen LogP contribution in [0.2, 0.25) is 0 Å². The second-order valence-electron chi connectivity index (χ2n) is 3.67. The van der Waals surface area contributed by atoms with Gasteiger partial charge in [-0.1, -0.05) is 12.2 Å². The van der Waals surface area contributed by atoms with E-state index in [0.717, 1.165) is 0 Å². The van der Waals surface area contributed by atoms with Crippen LogP contribution in [0.15, 0.2) is 12.2 Å². The van der Waals surface area contributed by atoms with Gasteiger partial charge in [0, 0.05) is 6.42 Å². The summed E-state index contributed by atoms with van der Waals surface area (Å²) in [5, 5.41) is 28.2. The zero-order valence-electron chi connectivity index (χ0n) is 8.54. The summed E-state index contributed by atoms with van der Waals surface area (Å²) < 4.78 is 4.89. The Morgan fingerprint density at radius 1 is 1.27 bits per heavy atom. The van der Waals surface area contributed by atoms with Gasteiger partial charge < -0.3 is 20.1 Å². The maximum atomic E-state index is 11.2. The molecule has 0 saturated carbocycles. The first kappa shape index (κ1) is 12.2. The van der Waals surface area contributed by atoms with Crippen molar-refractivity contribution in [2.24, 2.45) is 0 Å². The molecule has 0 bridgehead atoms. The molecular weight excluding hydrogens is 200 g/mol. The van der Waals surface area contributed by atoms with Crippen molar-refractivity contribution in [2.75, 3.05) is 0 Å². The van der Waals surface area contributed by atoms with Crippen LogP contribution >= 0.6 is 0 Å². The highest BCUT2D eigenvalue weighted by molar-refractivity contribution is 5.69. The molecule has 5 heteroatoms. The Morgan fingerprint density at radius 2 is 1.87 bits per heavy atom. The van der Waals surface area contributed by atoms with Crippen LogP contribution in [0.4, 0.5) is 0 Å². The number of esters is 1. The molecule has 4 atom stereocenters. The zero-order valence-corrected chi connectivity index (χ0v) is 8.54. The summed E-state index contributed by atoms with van der Waals surface area (Å²) in [6.45, 7) is 1.57. The monoisotopic (exact) mass is 216 g/mol. The molecule has 15 heavy (non-hydrogen) atoms. The maximum Gasteiger partial charge on any atom is 0.306 e. The number of hydrogen-bond donors (Lipinski definition) is 3. The van der Waals surface area contributed by atoms with Crippen molar-refractivity contribution < 1.29 is 24.9 Å². The molecule has 0 fully saturated rings. The highest BCUT2D eigenvalue weighted by atomic mass is 16.6. The van der Waals surface area contributed by atoms with Gasteiger partial charge in [0.05, 0.1) is 12.2 Å². The van der Waals surface area contributed by atoms with Gasteiger partial charge in [0.1, 0.15) is 12.2 Å². The Kier molecular flexibility index (Phi) is 4.26. The number of carbonyl (C=O) groups is 1. The molecule has 0 aromatic carbocycles. The van der Waals surface area contributed by atoms with Crippen LogP contribution < -0.4 is 0 Å². The number of hydrogen-bond acceptors (Lipinski definition) is 5. The topological polar surface area (TPSA) is 87.0 Å². The highest BCUT2D eigenvalue weighted by Crippen LogP contribution is 2.11. The van der Waals surface area contributed by atoms with E-state index in [-0.39, 0.29) is 12.8 Å². The van der Waals surface area contributed by atoms with Crippen molar-refractivity contribution in [3.05, 3.63) is 12.2 Å². The second kappa shape index (κ2) is 5.25. The normalized spacial score (nSPS) is 38.5. The van der Waals surface area contributed by atoms with Gasteiger partial charge >= 0.3 is 5.97 Å². The average molecular weight is 216 g/mol. The van der Waals surface area contributed by atoms with Crippen molar-refractivity contribution in [1.82, 2.24) is 0 Å². The van der Waals surface area contributed by atoms with Crippen LogP contribution in [0.5, 0.6) is 0 Å². The first-order valence-corrected chi connectivity index (χ1v) is 4.92. The number of aliphatic hydroxyl groups is 3. The third kappa shape index (κ3) is 3.62. The molecule has 0 spiro atoms. The molecule has 5 nitrogen and oxygen atoms in total. The summed E-state index contributed by atoms with van der Waals surface area (Å²) >= 11 is 0. The zero-order chi connectivity index (χ0) is 11.4. The lowest BCUT2D eigenvalue weighted by Gasteiger charge is -2.21. The molecule has 0 amide bonds. The third-order valence-electron chi connectivity index (χ3n) is 2.34. The van der Waals surface area contributed by atoms with Gasteiger partial charge in [-0.05, 0) is 13.3 Å². The molecule has 1 heterocycles.